The molecule has 1 saturated heterocycles. The smallest absolute Gasteiger partial charge is 0.332 e. The fourth-order valence-corrected chi connectivity index (χ4v) is 3.64. The lowest BCUT2D eigenvalue weighted by Crippen LogP contribution is -2.47. The largest absolute Gasteiger partial charge is 0.491 e. The quantitative estimate of drug-likeness (QED) is 0.523. The molecule has 0 spiro atoms. The predicted molar refractivity (Wildman–Crippen MR) is 109 cm³/mol. The van der Waals surface area contributed by atoms with Gasteiger partial charge in [0.1, 0.15) is 21.6 Å². The normalized spacial score (nSPS) is 19.7. The molecule has 1 aliphatic heterocycles. The molecule has 8 heteroatoms. The van der Waals surface area contributed by atoms with Crippen LogP contribution in [0, 0.1) is 0 Å². The minimum absolute atomic E-state index is 0.0797. The highest BCUT2D eigenvalue weighted by atomic mass is 35.5. The number of amides is 3. The van der Waals surface area contributed by atoms with Gasteiger partial charge in [-0.3, -0.25) is 4.79 Å². The molecule has 1 aromatic heterocycles. The van der Waals surface area contributed by atoms with Gasteiger partial charge in [0.2, 0.25) is 0 Å². The van der Waals surface area contributed by atoms with E-state index in [0.717, 1.165) is 16.2 Å². The van der Waals surface area contributed by atoms with Gasteiger partial charge in [0.05, 0.1) is 11.8 Å². The van der Waals surface area contributed by atoms with E-state index in [9.17, 15) is 9.59 Å². The Bertz CT molecular complexity index is 897. The molecular weight excluding hydrogens is 401 g/mol. The Morgan fingerprint density at radius 2 is 1.68 bits per heavy atom. The number of halogens is 2. The standard InChI is InChI=1S/C20H21Cl2N3O3/c1-12(2)28-15-7-5-13(6-8-15)11-20(3)18(26)25(19(27)24(20)4)14-9-16(21)23-17(22)10-14/h5-10,12H,11H2,1-4H3. The van der Waals surface area contributed by atoms with Gasteiger partial charge in [0, 0.05) is 13.5 Å². The molecule has 2 aromatic rings. The second-order valence-corrected chi connectivity index (χ2v) is 7.99. The number of benzene rings is 1. The maximum Gasteiger partial charge on any atom is 0.332 e. The maximum absolute atomic E-state index is 13.2. The number of anilines is 1. The molecule has 148 valence electrons. The van der Waals surface area contributed by atoms with Crippen LogP contribution < -0.4 is 9.64 Å². The van der Waals surface area contributed by atoms with E-state index in [1.807, 2.05) is 38.1 Å². The Labute approximate surface area is 174 Å². The lowest BCUT2D eigenvalue weighted by molar-refractivity contribution is -0.123. The lowest BCUT2D eigenvalue weighted by atomic mass is 9.91. The molecule has 0 bridgehead atoms. The average molecular weight is 422 g/mol. The van der Waals surface area contributed by atoms with Crippen molar-refractivity contribution in [1.82, 2.24) is 9.88 Å². The van der Waals surface area contributed by atoms with E-state index in [1.54, 1.807) is 14.0 Å². The van der Waals surface area contributed by atoms with E-state index >= 15 is 0 Å². The maximum atomic E-state index is 13.2. The molecule has 0 aliphatic carbocycles. The van der Waals surface area contributed by atoms with Crippen molar-refractivity contribution in [2.45, 2.75) is 38.8 Å². The predicted octanol–water partition coefficient (Wildman–Crippen LogP) is 4.58. The van der Waals surface area contributed by atoms with E-state index in [4.69, 9.17) is 27.9 Å². The number of aromatic nitrogens is 1. The fourth-order valence-electron chi connectivity index (χ4n) is 3.19. The lowest BCUT2D eigenvalue weighted by Gasteiger charge is -2.28. The van der Waals surface area contributed by atoms with Crippen LogP contribution in [0.5, 0.6) is 5.75 Å². The van der Waals surface area contributed by atoms with Crippen LogP contribution in [0.2, 0.25) is 10.3 Å². The Hall–Kier alpha value is -2.31. The summed E-state index contributed by atoms with van der Waals surface area (Å²) in [6.07, 6.45) is 0.440. The fraction of sp³-hybridized carbons (Fsp3) is 0.350. The molecule has 1 atom stereocenters. The molecule has 6 nitrogen and oxygen atoms in total. The number of carbonyl (C=O) groups excluding carboxylic acids is 2. The van der Waals surface area contributed by atoms with Gasteiger partial charge in [-0.2, -0.15) is 0 Å². The van der Waals surface area contributed by atoms with Crippen molar-refractivity contribution in [3.8, 4) is 5.75 Å². The number of hydrogen-bond donors (Lipinski definition) is 0. The van der Waals surface area contributed by atoms with Crippen LogP contribution in [0.25, 0.3) is 0 Å². The number of nitrogens with zero attached hydrogens (tertiary/aromatic N) is 3. The van der Waals surface area contributed by atoms with Crippen LogP contribution in [0.1, 0.15) is 26.3 Å². The SMILES string of the molecule is CC(C)Oc1ccc(CC2(C)C(=O)N(c3cc(Cl)nc(Cl)c3)C(=O)N2C)cc1. The molecule has 1 unspecified atom stereocenters. The van der Waals surface area contributed by atoms with Gasteiger partial charge < -0.3 is 9.64 Å². The first-order chi connectivity index (χ1) is 13.1. The molecule has 1 aliphatic rings. The van der Waals surface area contributed by atoms with E-state index < -0.39 is 11.6 Å². The number of likely N-dealkylation sites (N-methyl/N-ethyl adjacent to an activating group) is 1. The van der Waals surface area contributed by atoms with Crippen molar-refractivity contribution in [3.63, 3.8) is 0 Å². The van der Waals surface area contributed by atoms with E-state index in [2.05, 4.69) is 4.98 Å². The first kappa shape index (κ1) is 20.4. The highest BCUT2D eigenvalue weighted by Gasteiger charge is 2.53. The summed E-state index contributed by atoms with van der Waals surface area (Å²) >= 11 is 11.9. The zero-order chi connectivity index (χ0) is 20.6. The molecular formula is C20H21Cl2N3O3. The Kier molecular flexibility index (Phi) is 5.55. The van der Waals surface area contributed by atoms with Gasteiger partial charge in [-0.15, -0.1) is 0 Å². The average Bonchev–Trinajstić information content (AvgIpc) is 2.76. The number of imide groups is 1. The van der Waals surface area contributed by atoms with Gasteiger partial charge in [0.15, 0.2) is 0 Å². The third kappa shape index (κ3) is 3.80. The monoisotopic (exact) mass is 421 g/mol. The van der Waals surface area contributed by atoms with Crippen molar-refractivity contribution >= 4 is 40.8 Å². The van der Waals surface area contributed by atoms with Crippen LogP contribution in [0.3, 0.4) is 0 Å². The van der Waals surface area contributed by atoms with Crippen molar-refractivity contribution in [1.29, 1.82) is 0 Å². The summed E-state index contributed by atoms with van der Waals surface area (Å²) in [5.41, 5.74) is 0.176. The summed E-state index contributed by atoms with van der Waals surface area (Å²) in [6.45, 7) is 5.66. The highest BCUT2D eigenvalue weighted by molar-refractivity contribution is 6.33. The summed E-state index contributed by atoms with van der Waals surface area (Å²) in [7, 11) is 1.61. The number of carbonyl (C=O) groups is 2. The first-order valence-corrected chi connectivity index (χ1v) is 9.58. The second-order valence-electron chi connectivity index (χ2n) is 7.21. The zero-order valence-electron chi connectivity index (χ0n) is 16.1. The molecule has 3 amide bonds. The van der Waals surface area contributed by atoms with E-state index in [1.165, 1.54) is 17.0 Å². The van der Waals surface area contributed by atoms with Crippen molar-refractivity contribution < 1.29 is 14.3 Å². The van der Waals surface area contributed by atoms with Crippen LogP contribution in [-0.2, 0) is 11.2 Å². The molecule has 3 rings (SSSR count). The molecule has 1 aromatic carbocycles. The Morgan fingerprint density at radius 1 is 1.11 bits per heavy atom. The molecule has 2 heterocycles. The topological polar surface area (TPSA) is 62.7 Å². The van der Waals surface area contributed by atoms with Crippen LogP contribution in [-0.4, -0.2) is 40.5 Å². The highest BCUT2D eigenvalue weighted by Crippen LogP contribution is 2.35. The van der Waals surface area contributed by atoms with Gasteiger partial charge in [0.25, 0.3) is 5.91 Å². The second kappa shape index (κ2) is 7.60. The molecule has 28 heavy (non-hydrogen) atoms. The number of urea groups is 1. The third-order valence-corrected chi connectivity index (χ3v) is 5.12. The van der Waals surface area contributed by atoms with Gasteiger partial charge in [-0.25, -0.2) is 14.7 Å². The molecule has 1 fully saturated rings. The minimum Gasteiger partial charge on any atom is -0.491 e. The summed E-state index contributed by atoms with van der Waals surface area (Å²) in [4.78, 5) is 32.4. The first-order valence-electron chi connectivity index (χ1n) is 8.83. The van der Waals surface area contributed by atoms with E-state index in [-0.39, 0.29) is 22.3 Å². The third-order valence-electron chi connectivity index (χ3n) is 4.73. The van der Waals surface area contributed by atoms with Crippen LogP contribution >= 0.6 is 23.2 Å². The van der Waals surface area contributed by atoms with Crippen LogP contribution in [0.4, 0.5) is 10.5 Å². The minimum atomic E-state index is -1.04. The zero-order valence-corrected chi connectivity index (χ0v) is 17.6. The number of hydrogen-bond acceptors (Lipinski definition) is 4. The summed E-state index contributed by atoms with van der Waals surface area (Å²) in [5, 5.41) is 0.222. The number of ether oxygens (including phenoxy) is 1. The van der Waals surface area contributed by atoms with Crippen molar-refractivity contribution in [3.05, 3.63) is 52.3 Å². The van der Waals surface area contributed by atoms with E-state index in [0.29, 0.717) is 12.1 Å². The summed E-state index contributed by atoms with van der Waals surface area (Å²) in [5.74, 6) is 0.412. The molecule has 0 radical (unpaired) electrons. The number of rotatable bonds is 5. The summed E-state index contributed by atoms with van der Waals surface area (Å²) in [6, 6.07) is 9.97. The van der Waals surface area contributed by atoms with Crippen molar-refractivity contribution in [2.24, 2.45) is 0 Å². The van der Waals surface area contributed by atoms with Gasteiger partial charge in [-0.05, 0) is 50.6 Å². The van der Waals surface area contributed by atoms with Crippen molar-refractivity contribution in [2.75, 3.05) is 11.9 Å². The Morgan fingerprint density at radius 3 is 2.21 bits per heavy atom. The van der Waals surface area contributed by atoms with Gasteiger partial charge >= 0.3 is 6.03 Å². The molecule has 0 saturated carbocycles. The van der Waals surface area contributed by atoms with Crippen LogP contribution in [0.15, 0.2) is 36.4 Å². The Balaban J connectivity index is 1.88. The molecule has 0 N–H and O–H groups in total. The van der Waals surface area contributed by atoms with Gasteiger partial charge in [-0.1, -0.05) is 35.3 Å². The summed E-state index contributed by atoms with van der Waals surface area (Å²) < 4.78 is 5.65. The number of pyridine rings is 1.